The van der Waals surface area contributed by atoms with Crippen molar-refractivity contribution in [3.05, 3.63) is 59.4 Å². The largest absolute Gasteiger partial charge is 0.399 e. The number of hydrogen-bond donors (Lipinski definition) is 1. The van der Waals surface area contributed by atoms with Crippen molar-refractivity contribution in [2.45, 2.75) is 32.4 Å². The van der Waals surface area contributed by atoms with Gasteiger partial charge in [-0.2, -0.15) is 0 Å². The summed E-state index contributed by atoms with van der Waals surface area (Å²) in [6.07, 6.45) is 2.24. The minimum absolute atomic E-state index is 0.266. The molecule has 0 amide bonds. The Morgan fingerprint density at radius 2 is 2.05 bits per heavy atom. The van der Waals surface area contributed by atoms with Crippen LogP contribution in [-0.4, -0.2) is 6.04 Å². The summed E-state index contributed by atoms with van der Waals surface area (Å²) < 4.78 is 13.5. The van der Waals surface area contributed by atoms with Crippen LogP contribution in [0, 0.1) is 5.82 Å². The third-order valence-corrected chi connectivity index (χ3v) is 4.00. The van der Waals surface area contributed by atoms with E-state index in [2.05, 4.69) is 36.1 Å². The van der Waals surface area contributed by atoms with Gasteiger partial charge in [0, 0.05) is 24.0 Å². The second kappa shape index (κ2) is 5.16. The number of hydrogen-bond acceptors (Lipinski definition) is 2. The molecule has 2 N–H and O–H groups in total. The van der Waals surface area contributed by atoms with Gasteiger partial charge in [-0.1, -0.05) is 18.2 Å². The Kier molecular flexibility index (Phi) is 3.35. The van der Waals surface area contributed by atoms with Crippen LogP contribution < -0.4 is 10.6 Å². The van der Waals surface area contributed by atoms with Crippen LogP contribution in [0.25, 0.3) is 0 Å². The second-order valence-corrected chi connectivity index (χ2v) is 5.54. The number of nitrogen functional groups attached to an aromatic ring is 1. The van der Waals surface area contributed by atoms with Gasteiger partial charge in [0.1, 0.15) is 5.82 Å². The highest BCUT2D eigenvalue weighted by molar-refractivity contribution is 5.57. The average molecular weight is 270 g/mol. The van der Waals surface area contributed by atoms with Crippen molar-refractivity contribution in [1.82, 2.24) is 0 Å². The highest BCUT2D eigenvalue weighted by atomic mass is 19.1. The van der Waals surface area contributed by atoms with Crippen molar-refractivity contribution in [1.29, 1.82) is 0 Å². The Labute approximate surface area is 119 Å². The molecule has 0 radical (unpaired) electrons. The van der Waals surface area contributed by atoms with Crippen LogP contribution in [0.5, 0.6) is 0 Å². The summed E-state index contributed by atoms with van der Waals surface area (Å²) >= 11 is 0. The molecule has 104 valence electrons. The molecule has 0 bridgehead atoms. The average Bonchev–Trinajstić information content (AvgIpc) is 2.41. The van der Waals surface area contributed by atoms with Crippen molar-refractivity contribution in [2.24, 2.45) is 0 Å². The number of benzene rings is 2. The molecule has 0 aliphatic carbocycles. The normalized spacial score (nSPS) is 17.9. The van der Waals surface area contributed by atoms with Gasteiger partial charge in [0.2, 0.25) is 0 Å². The number of nitrogens with two attached hydrogens (primary N) is 1. The van der Waals surface area contributed by atoms with E-state index in [4.69, 9.17) is 5.73 Å². The van der Waals surface area contributed by atoms with E-state index < -0.39 is 0 Å². The van der Waals surface area contributed by atoms with Crippen molar-refractivity contribution in [3.63, 3.8) is 0 Å². The van der Waals surface area contributed by atoms with E-state index in [9.17, 15) is 4.39 Å². The molecule has 0 saturated carbocycles. The number of fused-ring (bicyclic) bond motifs is 1. The molecule has 0 fully saturated rings. The van der Waals surface area contributed by atoms with Crippen LogP contribution in [0.15, 0.2) is 42.5 Å². The monoisotopic (exact) mass is 270 g/mol. The van der Waals surface area contributed by atoms with Gasteiger partial charge in [0.15, 0.2) is 0 Å². The molecule has 3 heteroatoms. The number of nitrogens with zero attached hydrogens (tertiary/aromatic N) is 1. The summed E-state index contributed by atoms with van der Waals surface area (Å²) in [5.74, 6) is -0.266. The number of rotatable bonds is 2. The first-order valence-electron chi connectivity index (χ1n) is 7.03. The Morgan fingerprint density at radius 3 is 2.85 bits per heavy atom. The Morgan fingerprint density at radius 1 is 1.25 bits per heavy atom. The smallest absolute Gasteiger partial charge is 0.125 e. The van der Waals surface area contributed by atoms with E-state index in [-0.39, 0.29) is 5.82 Å². The first-order chi connectivity index (χ1) is 9.63. The highest BCUT2D eigenvalue weighted by Crippen LogP contribution is 2.32. The molecule has 1 heterocycles. The lowest BCUT2D eigenvalue weighted by Gasteiger charge is -2.37. The number of aryl methyl sites for hydroxylation is 1. The van der Waals surface area contributed by atoms with Crippen molar-refractivity contribution in [2.75, 3.05) is 10.6 Å². The number of anilines is 2. The predicted octanol–water partition coefficient (Wildman–Crippen LogP) is 3.75. The summed E-state index contributed by atoms with van der Waals surface area (Å²) in [5.41, 5.74) is 9.77. The zero-order valence-corrected chi connectivity index (χ0v) is 11.6. The molecule has 0 spiro atoms. The maximum absolute atomic E-state index is 13.5. The third-order valence-electron chi connectivity index (χ3n) is 4.00. The standard InChI is InChI=1S/C17H19FN2/c1-12-6-7-14-4-2-3-5-17(14)20(12)11-13-8-15(18)10-16(19)9-13/h2-5,8-10,12H,6-7,11,19H2,1H3. The van der Waals surface area contributed by atoms with Crippen LogP contribution >= 0.6 is 0 Å². The van der Waals surface area contributed by atoms with Gasteiger partial charge in [0.05, 0.1) is 0 Å². The first-order valence-corrected chi connectivity index (χ1v) is 7.03. The highest BCUT2D eigenvalue weighted by Gasteiger charge is 2.22. The molecule has 1 aliphatic heterocycles. The molecule has 1 atom stereocenters. The minimum atomic E-state index is -0.266. The van der Waals surface area contributed by atoms with Crippen molar-refractivity contribution < 1.29 is 4.39 Å². The van der Waals surface area contributed by atoms with Crippen LogP contribution in [0.1, 0.15) is 24.5 Å². The van der Waals surface area contributed by atoms with E-state index in [0.29, 0.717) is 18.3 Å². The third kappa shape index (κ3) is 2.48. The fourth-order valence-corrected chi connectivity index (χ4v) is 2.96. The molecule has 2 nitrogen and oxygen atoms in total. The molecule has 0 aromatic heterocycles. The molecule has 2 aromatic carbocycles. The summed E-state index contributed by atoms with van der Waals surface area (Å²) in [4.78, 5) is 2.34. The molecule has 3 rings (SSSR count). The van der Waals surface area contributed by atoms with E-state index >= 15 is 0 Å². The minimum Gasteiger partial charge on any atom is -0.399 e. The molecule has 2 aromatic rings. The van der Waals surface area contributed by atoms with Crippen molar-refractivity contribution in [3.8, 4) is 0 Å². The lowest BCUT2D eigenvalue weighted by atomic mass is 9.96. The lowest BCUT2D eigenvalue weighted by molar-refractivity contribution is 0.558. The zero-order valence-electron chi connectivity index (χ0n) is 11.6. The fourth-order valence-electron chi connectivity index (χ4n) is 2.96. The number of para-hydroxylation sites is 1. The number of halogens is 1. The van der Waals surface area contributed by atoms with Crippen LogP contribution in [0.2, 0.25) is 0 Å². The SMILES string of the molecule is CC1CCc2ccccc2N1Cc1cc(N)cc(F)c1. The molecule has 1 aliphatic rings. The Bertz CT molecular complexity index is 604. The van der Waals surface area contributed by atoms with Gasteiger partial charge in [-0.25, -0.2) is 4.39 Å². The predicted molar refractivity (Wildman–Crippen MR) is 81.2 cm³/mol. The van der Waals surface area contributed by atoms with Gasteiger partial charge < -0.3 is 10.6 Å². The maximum Gasteiger partial charge on any atom is 0.125 e. The van der Waals surface area contributed by atoms with Crippen LogP contribution in [0.3, 0.4) is 0 Å². The molecule has 20 heavy (non-hydrogen) atoms. The summed E-state index contributed by atoms with van der Waals surface area (Å²) in [6, 6.07) is 13.7. The van der Waals surface area contributed by atoms with Crippen LogP contribution in [0.4, 0.5) is 15.8 Å². The van der Waals surface area contributed by atoms with E-state index in [1.807, 2.05) is 6.07 Å². The van der Waals surface area contributed by atoms with E-state index in [1.165, 1.54) is 17.3 Å². The molecule has 1 unspecified atom stereocenters. The maximum atomic E-state index is 13.5. The van der Waals surface area contributed by atoms with Gasteiger partial charge in [-0.05, 0) is 55.2 Å². The van der Waals surface area contributed by atoms with Gasteiger partial charge in [-0.3, -0.25) is 0 Å². The molecular formula is C17H19FN2. The quantitative estimate of drug-likeness (QED) is 0.842. The first kappa shape index (κ1) is 13.0. The zero-order chi connectivity index (χ0) is 14.1. The Hall–Kier alpha value is -2.03. The molecule has 0 saturated heterocycles. The van der Waals surface area contributed by atoms with Gasteiger partial charge in [0.25, 0.3) is 0 Å². The summed E-state index contributed by atoms with van der Waals surface area (Å²) in [7, 11) is 0. The van der Waals surface area contributed by atoms with Gasteiger partial charge in [-0.15, -0.1) is 0 Å². The second-order valence-electron chi connectivity index (χ2n) is 5.54. The lowest BCUT2D eigenvalue weighted by Crippen LogP contribution is -2.36. The topological polar surface area (TPSA) is 29.3 Å². The van der Waals surface area contributed by atoms with Crippen LogP contribution in [-0.2, 0) is 13.0 Å². The summed E-state index contributed by atoms with van der Waals surface area (Å²) in [5, 5.41) is 0. The van der Waals surface area contributed by atoms with E-state index in [0.717, 1.165) is 18.4 Å². The summed E-state index contributed by atoms with van der Waals surface area (Å²) in [6.45, 7) is 2.92. The van der Waals surface area contributed by atoms with Crippen molar-refractivity contribution >= 4 is 11.4 Å². The van der Waals surface area contributed by atoms with E-state index in [1.54, 1.807) is 6.07 Å². The molecular weight excluding hydrogens is 251 g/mol. The fraction of sp³-hybridized carbons (Fsp3) is 0.294. The van der Waals surface area contributed by atoms with Gasteiger partial charge >= 0.3 is 0 Å². The Balaban J connectivity index is 1.93.